The molecule has 0 aliphatic rings. The van der Waals surface area contributed by atoms with Gasteiger partial charge in [-0.25, -0.2) is 13.2 Å². The molecule has 0 spiro atoms. The molecular weight excluding hydrogens is 368 g/mol. The zero-order chi connectivity index (χ0) is 20.2. The largest absolute Gasteiger partial charge is 0.462 e. The second-order valence-corrected chi connectivity index (χ2v) is 7.97. The molecule has 0 unspecified atom stereocenters. The Kier molecular flexibility index (Phi) is 6.22. The van der Waals surface area contributed by atoms with E-state index >= 15 is 0 Å². The van der Waals surface area contributed by atoms with E-state index in [1.54, 1.807) is 44.2 Å². The van der Waals surface area contributed by atoms with E-state index in [2.05, 4.69) is 5.32 Å². The third-order valence-corrected chi connectivity index (χ3v) is 5.17. The highest BCUT2D eigenvalue weighted by Crippen LogP contribution is 2.24. The number of hydrogen-bond acceptors (Lipinski definition) is 5. The molecule has 7 nitrogen and oxygen atoms in total. The zero-order valence-electron chi connectivity index (χ0n) is 15.6. The normalized spacial score (nSPS) is 11.0. The fourth-order valence-electron chi connectivity index (χ4n) is 2.41. The Balaban J connectivity index is 2.36. The second kappa shape index (κ2) is 8.22. The summed E-state index contributed by atoms with van der Waals surface area (Å²) in [6.07, 6.45) is 1.06. The van der Waals surface area contributed by atoms with Crippen LogP contribution in [0, 0.1) is 6.92 Å². The summed E-state index contributed by atoms with van der Waals surface area (Å²) in [4.78, 5) is 24.7. The fraction of sp³-hybridized carbons (Fsp3) is 0.263. The zero-order valence-corrected chi connectivity index (χ0v) is 16.5. The van der Waals surface area contributed by atoms with Gasteiger partial charge in [-0.3, -0.25) is 9.10 Å². The number of amides is 1. The second-order valence-electron chi connectivity index (χ2n) is 5.95. The van der Waals surface area contributed by atoms with E-state index in [4.69, 9.17) is 4.74 Å². The SMILES string of the molecule is CCOC(=O)c1ccc(C)c(NC(=O)c2ccccc2N(C)S(C)(=O)=O)c1. The number of nitrogens with zero attached hydrogens (tertiary/aromatic N) is 1. The third kappa shape index (κ3) is 4.85. The van der Waals surface area contributed by atoms with Gasteiger partial charge in [0.1, 0.15) is 0 Å². The summed E-state index contributed by atoms with van der Waals surface area (Å²) in [6, 6.07) is 11.3. The van der Waals surface area contributed by atoms with Gasteiger partial charge in [-0.15, -0.1) is 0 Å². The van der Waals surface area contributed by atoms with Gasteiger partial charge in [-0.2, -0.15) is 0 Å². The van der Waals surface area contributed by atoms with Crippen LogP contribution in [0.5, 0.6) is 0 Å². The van der Waals surface area contributed by atoms with Crippen LogP contribution in [0.2, 0.25) is 0 Å². The quantitative estimate of drug-likeness (QED) is 0.766. The Morgan fingerprint density at radius 1 is 1.15 bits per heavy atom. The molecule has 2 rings (SSSR count). The molecule has 8 heteroatoms. The van der Waals surface area contributed by atoms with E-state index in [9.17, 15) is 18.0 Å². The number of ether oxygens (including phenoxy) is 1. The predicted octanol–water partition coefficient (Wildman–Crippen LogP) is 2.82. The van der Waals surface area contributed by atoms with Crippen molar-refractivity contribution in [2.75, 3.05) is 29.5 Å². The number of anilines is 2. The van der Waals surface area contributed by atoms with Crippen molar-refractivity contribution in [3.05, 3.63) is 59.2 Å². The minimum atomic E-state index is -3.53. The van der Waals surface area contributed by atoms with Crippen molar-refractivity contribution in [2.45, 2.75) is 13.8 Å². The average molecular weight is 390 g/mol. The summed E-state index contributed by atoms with van der Waals surface area (Å²) in [7, 11) is -2.14. The molecule has 2 aromatic carbocycles. The summed E-state index contributed by atoms with van der Waals surface area (Å²) in [6.45, 7) is 3.75. The highest BCUT2D eigenvalue weighted by molar-refractivity contribution is 7.92. The fourth-order valence-corrected chi connectivity index (χ4v) is 2.92. The van der Waals surface area contributed by atoms with Gasteiger partial charge in [0.05, 0.1) is 29.7 Å². The van der Waals surface area contributed by atoms with Crippen LogP contribution >= 0.6 is 0 Å². The van der Waals surface area contributed by atoms with E-state index < -0.39 is 21.9 Å². The van der Waals surface area contributed by atoms with Crippen LogP contribution in [-0.4, -0.2) is 40.2 Å². The Bertz CT molecular complexity index is 970. The standard InChI is InChI=1S/C19H22N2O5S/c1-5-26-19(23)14-11-10-13(2)16(12-14)20-18(22)15-8-6-7-9-17(15)21(3)27(4,24)25/h6-12H,5H2,1-4H3,(H,20,22). The lowest BCUT2D eigenvalue weighted by molar-refractivity contribution is 0.0526. The molecule has 0 aliphatic heterocycles. The highest BCUT2D eigenvalue weighted by Gasteiger charge is 2.20. The van der Waals surface area contributed by atoms with Crippen molar-refractivity contribution in [2.24, 2.45) is 0 Å². The Morgan fingerprint density at radius 2 is 1.81 bits per heavy atom. The number of hydrogen-bond donors (Lipinski definition) is 1. The van der Waals surface area contributed by atoms with E-state index in [0.29, 0.717) is 11.3 Å². The van der Waals surface area contributed by atoms with Crippen LogP contribution in [0.25, 0.3) is 0 Å². The lowest BCUT2D eigenvalue weighted by atomic mass is 10.1. The van der Waals surface area contributed by atoms with E-state index in [1.807, 2.05) is 0 Å². The number of rotatable bonds is 6. The molecule has 0 fully saturated rings. The summed E-state index contributed by atoms with van der Waals surface area (Å²) in [5, 5.41) is 2.74. The number of aryl methyl sites for hydroxylation is 1. The van der Waals surface area contributed by atoms with Gasteiger partial charge < -0.3 is 10.1 Å². The monoisotopic (exact) mass is 390 g/mol. The van der Waals surface area contributed by atoms with Gasteiger partial charge in [0.25, 0.3) is 5.91 Å². The molecule has 27 heavy (non-hydrogen) atoms. The summed E-state index contributed by atoms with van der Waals surface area (Å²) in [5.74, 6) is -0.963. The first-order valence-corrected chi connectivity index (χ1v) is 10.1. The molecule has 0 aromatic heterocycles. The van der Waals surface area contributed by atoms with E-state index in [-0.39, 0.29) is 17.9 Å². The number of esters is 1. The van der Waals surface area contributed by atoms with Gasteiger partial charge in [-0.1, -0.05) is 18.2 Å². The molecule has 0 saturated heterocycles. The van der Waals surface area contributed by atoms with Crippen LogP contribution in [0.15, 0.2) is 42.5 Å². The van der Waals surface area contributed by atoms with Crippen LogP contribution < -0.4 is 9.62 Å². The average Bonchev–Trinajstić information content (AvgIpc) is 2.62. The van der Waals surface area contributed by atoms with E-state index in [0.717, 1.165) is 16.1 Å². The Hall–Kier alpha value is -2.87. The number of carbonyl (C=O) groups excluding carboxylic acids is 2. The molecule has 1 N–H and O–H groups in total. The first-order valence-electron chi connectivity index (χ1n) is 8.27. The van der Waals surface area contributed by atoms with Crippen molar-refractivity contribution in [3.63, 3.8) is 0 Å². The van der Waals surface area contributed by atoms with Crippen molar-refractivity contribution in [1.82, 2.24) is 0 Å². The molecule has 0 aliphatic carbocycles. The maximum absolute atomic E-state index is 12.8. The Morgan fingerprint density at radius 3 is 2.44 bits per heavy atom. The maximum Gasteiger partial charge on any atom is 0.338 e. The summed E-state index contributed by atoms with van der Waals surface area (Å²) >= 11 is 0. The first-order chi connectivity index (χ1) is 12.6. The number of carbonyl (C=O) groups is 2. The molecule has 2 aromatic rings. The molecular formula is C19H22N2O5S. The number of para-hydroxylation sites is 1. The lowest BCUT2D eigenvalue weighted by Crippen LogP contribution is -2.27. The van der Waals surface area contributed by atoms with E-state index in [1.165, 1.54) is 19.2 Å². The maximum atomic E-state index is 12.8. The molecule has 0 radical (unpaired) electrons. The van der Waals surface area contributed by atoms with Gasteiger partial charge in [0.15, 0.2) is 0 Å². The molecule has 144 valence electrons. The molecule has 0 bridgehead atoms. The highest BCUT2D eigenvalue weighted by atomic mass is 32.2. The third-order valence-electron chi connectivity index (χ3n) is 3.98. The van der Waals surface area contributed by atoms with Gasteiger partial charge in [0.2, 0.25) is 10.0 Å². The van der Waals surface area contributed by atoms with Crippen LogP contribution in [0.3, 0.4) is 0 Å². The van der Waals surface area contributed by atoms with Crippen LogP contribution in [0.1, 0.15) is 33.2 Å². The Labute approximate surface area is 159 Å². The van der Waals surface area contributed by atoms with Gasteiger partial charge in [0, 0.05) is 12.7 Å². The van der Waals surface area contributed by atoms with Crippen LogP contribution in [0.4, 0.5) is 11.4 Å². The number of nitrogens with one attached hydrogen (secondary N) is 1. The molecule has 1 amide bonds. The summed E-state index contributed by atoms with van der Waals surface area (Å²) in [5.41, 5.74) is 1.98. The molecule has 0 atom stereocenters. The summed E-state index contributed by atoms with van der Waals surface area (Å²) < 4.78 is 29.7. The van der Waals surface area contributed by atoms with Crippen molar-refractivity contribution >= 4 is 33.3 Å². The smallest absolute Gasteiger partial charge is 0.338 e. The van der Waals surface area contributed by atoms with Crippen LogP contribution in [-0.2, 0) is 14.8 Å². The topological polar surface area (TPSA) is 92.8 Å². The van der Waals surface area contributed by atoms with Gasteiger partial charge in [-0.05, 0) is 43.7 Å². The lowest BCUT2D eigenvalue weighted by Gasteiger charge is -2.20. The predicted molar refractivity (Wildman–Crippen MR) is 105 cm³/mol. The van der Waals surface area contributed by atoms with Crippen molar-refractivity contribution in [3.8, 4) is 0 Å². The van der Waals surface area contributed by atoms with Crippen molar-refractivity contribution in [1.29, 1.82) is 0 Å². The van der Waals surface area contributed by atoms with Crippen molar-refractivity contribution < 1.29 is 22.7 Å². The number of benzene rings is 2. The minimum absolute atomic E-state index is 0.200. The first kappa shape index (κ1) is 20.4. The minimum Gasteiger partial charge on any atom is -0.462 e. The number of sulfonamides is 1. The molecule has 0 saturated carbocycles. The van der Waals surface area contributed by atoms with Gasteiger partial charge >= 0.3 is 5.97 Å². The molecule has 0 heterocycles.